The number of anilines is 1. The number of aryl methyl sites for hydroxylation is 1. The van der Waals surface area contributed by atoms with E-state index in [4.69, 9.17) is 16.3 Å². The van der Waals surface area contributed by atoms with Crippen molar-refractivity contribution < 1.29 is 4.74 Å². The number of fused-ring (bicyclic) bond motifs is 1. The number of morpholine rings is 1. The van der Waals surface area contributed by atoms with Crippen molar-refractivity contribution in [3.63, 3.8) is 0 Å². The van der Waals surface area contributed by atoms with Crippen LogP contribution in [0.25, 0.3) is 0 Å². The second-order valence-electron chi connectivity index (χ2n) is 4.66. The molecule has 0 unspecified atom stereocenters. The number of hydrogen-bond donors (Lipinski definition) is 0. The summed E-state index contributed by atoms with van der Waals surface area (Å²) in [6.07, 6.45) is 0.994. The molecule has 3 rings (SSSR count). The zero-order valence-corrected chi connectivity index (χ0v) is 11.9. The van der Waals surface area contributed by atoms with Crippen LogP contribution in [-0.2, 0) is 16.9 Å². The van der Waals surface area contributed by atoms with Gasteiger partial charge in [0.2, 0.25) is 5.28 Å². The van der Waals surface area contributed by atoms with E-state index in [2.05, 4.69) is 21.8 Å². The molecule has 1 aromatic heterocycles. The summed E-state index contributed by atoms with van der Waals surface area (Å²) >= 11 is 8.00. The van der Waals surface area contributed by atoms with Crippen LogP contribution < -0.4 is 4.90 Å². The van der Waals surface area contributed by atoms with Crippen LogP contribution in [0.5, 0.6) is 0 Å². The number of halogens is 1. The standard InChI is InChI=1S/C12H16ClN3OS/c1-8-6-17-4-3-16(8)11-9-7-18-5-2-10(9)14-12(13)15-11/h8H,2-7H2,1H3/t8-/m0/s1. The minimum Gasteiger partial charge on any atom is -0.377 e. The van der Waals surface area contributed by atoms with Gasteiger partial charge in [-0.15, -0.1) is 0 Å². The Balaban J connectivity index is 2.01. The highest BCUT2D eigenvalue weighted by molar-refractivity contribution is 7.98. The number of aromatic nitrogens is 2. The van der Waals surface area contributed by atoms with Gasteiger partial charge in [-0.3, -0.25) is 0 Å². The Morgan fingerprint density at radius 1 is 1.44 bits per heavy atom. The van der Waals surface area contributed by atoms with Crippen molar-refractivity contribution in [2.45, 2.75) is 25.1 Å². The Kier molecular flexibility index (Phi) is 3.63. The Morgan fingerprint density at radius 2 is 2.33 bits per heavy atom. The van der Waals surface area contributed by atoms with Gasteiger partial charge < -0.3 is 9.64 Å². The van der Waals surface area contributed by atoms with Gasteiger partial charge >= 0.3 is 0 Å². The lowest BCUT2D eigenvalue weighted by Crippen LogP contribution is -2.45. The summed E-state index contributed by atoms with van der Waals surface area (Å²) in [4.78, 5) is 11.2. The molecule has 2 aliphatic rings. The Morgan fingerprint density at radius 3 is 3.17 bits per heavy atom. The van der Waals surface area contributed by atoms with E-state index in [-0.39, 0.29) is 0 Å². The molecule has 1 fully saturated rings. The fraction of sp³-hybridized carbons (Fsp3) is 0.667. The first-order valence-corrected chi connectivity index (χ1v) is 7.76. The number of thioether (sulfide) groups is 1. The van der Waals surface area contributed by atoms with Gasteiger partial charge in [0.25, 0.3) is 0 Å². The Hall–Kier alpha value is -0.520. The second kappa shape index (κ2) is 5.23. The fourth-order valence-electron chi connectivity index (χ4n) is 2.46. The average molecular weight is 286 g/mol. The predicted molar refractivity (Wildman–Crippen MR) is 74.5 cm³/mol. The van der Waals surface area contributed by atoms with E-state index in [1.54, 1.807) is 0 Å². The summed E-state index contributed by atoms with van der Waals surface area (Å²) in [6, 6.07) is 0.348. The van der Waals surface area contributed by atoms with Crippen LogP contribution in [-0.4, -0.2) is 41.5 Å². The van der Waals surface area contributed by atoms with Crippen molar-refractivity contribution in [3.8, 4) is 0 Å². The predicted octanol–water partition coefficient (Wildman–Crippen LogP) is 2.14. The third-order valence-electron chi connectivity index (χ3n) is 3.41. The highest BCUT2D eigenvalue weighted by Crippen LogP contribution is 2.32. The average Bonchev–Trinajstić information content (AvgIpc) is 2.38. The molecular weight excluding hydrogens is 270 g/mol. The van der Waals surface area contributed by atoms with Crippen molar-refractivity contribution in [1.82, 2.24) is 9.97 Å². The van der Waals surface area contributed by atoms with Crippen molar-refractivity contribution in [3.05, 3.63) is 16.5 Å². The molecule has 1 saturated heterocycles. The number of hydrogen-bond acceptors (Lipinski definition) is 5. The zero-order valence-electron chi connectivity index (χ0n) is 10.4. The summed E-state index contributed by atoms with van der Waals surface area (Å²) in [7, 11) is 0. The van der Waals surface area contributed by atoms with Crippen LogP contribution in [0.3, 0.4) is 0 Å². The van der Waals surface area contributed by atoms with Crippen LogP contribution in [0.2, 0.25) is 5.28 Å². The van der Waals surface area contributed by atoms with E-state index >= 15 is 0 Å². The fourth-order valence-corrected chi connectivity index (χ4v) is 3.63. The molecule has 4 nitrogen and oxygen atoms in total. The van der Waals surface area contributed by atoms with E-state index in [0.717, 1.165) is 49.2 Å². The molecule has 0 N–H and O–H groups in total. The van der Waals surface area contributed by atoms with Gasteiger partial charge in [0.1, 0.15) is 5.82 Å². The molecule has 0 amide bonds. The lowest BCUT2D eigenvalue weighted by Gasteiger charge is -2.36. The SMILES string of the molecule is C[C@H]1COCCN1c1nc(Cl)nc2c1CSCC2. The molecule has 18 heavy (non-hydrogen) atoms. The lowest BCUT2D eigenvalue weighted by atomic mass is 10.1. The van der Waals surface area contributed by atoms with Gasteiger partial charge in [0.05, 0.1) is 24.9 Å². The largest absolute Gasteiger partial charge is 0.377 e. The molecule has 2 aliphatic heterocycles. The molecular formula is C12H16ClN3OS. The van der Waals surface area contributed by atoms with Crippen molar-refractivity contribution in [2.24, 2.45) is 0 Å². The monoisotopic (exact) mass is 285 g/mol. The maximum absolute atomic E-state index is 6.06. The van der Waals surface area contributed by atoms with E-state index < -0.39 is 0 Å². The molecule has 0 radical (unpaired) electrons. The first-order chi connectivity index (χ1) is 8.75. The second-order valence-corrected chi connectivity index (χ2v) is 6.10. The maximum Gasteiger partial charge on any atom is 0.224 e. The zero-order chi connectivity index (χ0) is 12.5. The summed E-state index contributed by atoms with van der Waals surface area (Å²) in [5.74, 6) is 3.14. The number of nitrogens with zero attached hydrogens (tertiary/aromatic N) is 3. The molecule has 1 atom stereocenters. The smallest absolute Gasteiger partial charge is 0.224 e. The third-order valence-corrected chi connectivity index (χ3v) is 4.57. The van der Waals surface area contributed by atoms with Crippen molar-refractivity contribution >= 4 is 29.2 Å². The first kappa shape index (κ1) is 12.5. The summed E-state index contributed by atoms with van der Waals surface area (Å²) < 4.78 is 5.48. The third kappa shape index (κ3) is 2.31. The first-order valence-electron chi connectivity index (χ1n) is 6.23. The van der Waals surface area contributed by atoms with E-state index in [1.807, 2.05) is 11.8 Å². The summed E-state index contributed by atoms with van der Waals surface area (Å²) in [5, 5.41) is 0.370. The van der Waals surface area contributed by atoms with Gasteiger partial charge in [-0.1, -0.05) is 0 Å². The molecule has 0 saturated carbocycles. The highest BCUT2D eigenvalue weighted by atomic mass is 35.5. The van der Waals surface area contributed by atoms with E-state index in [0.29, 0.717) is 11.3 Å². The van der Waals surface area contributed by atoms with Gasteiger partial charge in [0.15, 0.2) is 0 Å². The molecule has 6 heteroatoms. The van der Waals surface area contributed by atoms with Crippen LogP contribution in [0.1, 0.15) is 18.2 Å². The van der Waals surface area contributed by atoms with Gasteiger partial charge in [0, 0.05) is 17.9 Å². The summed E-state index contributed by atoms with van der Waals surface area (Å²) in [5.41, 5.74) is 2.40. The van der Waals surface area contributed by atoms with Crippen molar-refractivity contribution in [1.29, 1.82) is 0 Å². The Bertz CT molecular complexity index is 457. The lowest BCUT2D eigenvalue weighted by molar-refractivity contribution is 0.0984. The maximum atomic E-state index is 6.06. The highest BCUT2D eigenvalue weighted by Gasteiger charge is 2.26. The van der Waals surface area contributed by atoms with E-state index in [1.165, 1.54) is 5.56 Å². The molecule has 0 spiro atoms. The number of ether oxygens (including phenoxy) is 1. The number of rotatable bonds is 1. The molecule has 0 aliphatic carbocycles. The van der Waals surface area contributed by atoms with Crippen LogP contribution in [0.4, 0.5) is 5.82 Å². The topological polar surface area (TPSA) is 38.2 Å². The molecule has 0 bridgehead atoms. The molecule has 1 aromatic rings. The van der Waals surface area contributed by atoms with Crippen LogP contribution in [0, 0.1) is 0 Å². The molecule has 3 heterocycles. The molecule has 98 valence electrons. The van der Waals surface area contributed by atoms with Crippen LogP contribution >= 0.6 is 23.4 Å². The minimum absolute atomic E-state index is 0.348. The van der Waals surface area contributed by atoms with Crippen LogP contribution in [0.15, 0.2) is 0 Å². The quantitative estimate of drug-likeness (QED) is 0.739. The van der Waals surface area contributed by atoms with Crippen molar-refractivity contribution in [2.75, 3.05) is 30.4 Å². The van der Waals surface area contributed by atoms with Gasteiger partial charge in [-0.25, -0.2) is 9.97 Å². The van der Waals surface area contributed by atoms with Gasteiger partial charge in [-0.2, -0.15) is 11.8 Å². The minimum atomic E-state index is 0.348. The normalized spacial score (nSPS) is 23.9. The Labute approximate surface area is 116 Å². The molecule has 0 aromatic carbocycles. The van der Waals surface area contributed by atoms with E-state index in [9.17, 15) is 0 Å². The van der Waals surface area contributed by atoms with Gasteiger partial charge in [-0.05, 0) is 30.7 Å². The summed E-state index contributed by atoms with van der Waals surface area (Å²) in [6.45, 7) is 4.56.